The van der Waals surface area contributed by atoms with Gasteiger partial charge in [-0.2, -0.15) is 0 Å². The first-order chi connectivity index (χ1) is 16.3. The molecule has 0 bridgehead atoms. The molecule has 0 aliphatic rings. The second-order valence-electron chi connectivity index (χ2n) is 7.04. The van der Waals surface area contributed by atoms with Crippen LogP contribution in [-0.2, 0) is 25.6 Å². The zero-order valence-electron chi connectivity index (χ0n) is 21.2. The third kappa shape index (κ3) is 26.2. The van der Waals surface area contributed by atoms with Gasteiger partial charge in [0.15, 0.2) is 0 Å². The van der Waals surface area contributed by atoms with Crippen molar-refractivity contribution in [1.82, 2.24) is 0 Å². The molecule has 0 amide bonds. The third-order valence-corrected chi connectivity index (χ3v) is 4.11. The van der Waals surface area contributed by atoms with Crippen LogP contribution in [-0.4, -0.2) is 44.3 Å². The van der Waals surface area contributed by atoms with Crippen molar-refractivity contribution in [2.75, 3.05) is 0 Å². The Kier molecular flexibility index (Phi) is 23.7. The van der Waals surface area contributed by atoms with E-state index in [9.17, 15) is 19.2 Å². The van der Waals surface area contributed by atoms with Gasteiger partial charge in [0.1, 0.15) is 0 Å². The summed E-state index contributed by atoms with van der Waals surface area (Å²) in [5, 5.41) is 32.7. The van der Waals surface area contributed by atoms with Crippen LogP contribution in [0.25, 0.3) is 0 Å². The SMILES string of the molecule is C=CC(=O)O.CC(=CCc1ccccc1)C(=O)O.CC=C(C)C(=O)O.CCCCC=C(C)C(=O)O. The highest BCUT2D eigenvalue weighted by Gasteiger charge is 1.98. The molecule has 1 aromatic rings. The summed E-state index contributed by atoms with van der Waals surface area (Å²) in [5.41, 5.74) is 2.36. The standard InChI is InChI=1S/C11H12O2.C8H14O2.C5H8O2.C3H4O2/c1-9(11(12)13)7-8-10-5-3-2-4-6-10;1-3-4-5-6-7(2)8(9)10;1-3-4(2)5(6)7;1-2-3(4)5/h2-7H,8H2,1H3,(H,12,13);6H,3-5H2,1-2H3,(H,9,10);3H,1-2H3,(H,6,7);2H,1H2,(H,4,5). The van der Waals surface area contributed by atoms with E-state index >= 15 is 0 Å². The summed E-state index contributed by atoms with van der Waals surface area (Å²) in [6, 6.07) is 9.78. The topological polar surface area (TPSA) is 149 Å². The highest BCUT2D eigenvalue weighted by Crippen LogP contribution is 2.03. The maximum Gasteiger partial charge on any atom is 0.330 e. The Morgan fingerprint density at radius 3 is 1.54 bits per heavy atom. The van der Waals surface area contributed by atoms with Crippen LogP contribution >= 0.6 is 0 Å². The van der Waals surface area contributed by atoms with Gasteiger partial charge in [-0.05, 0) is 46.1 Å². The minimum atomic E-state index is -0.981. The van der Waals surface area contributed by atoms with Crippen molar-refractivity contribution < 1.29 is 39.6 Å². The number of carbonyl (C=O) groups is 4. The molecule has 0 atom stereocenters. The van der Waals surface area contributed by atoms with Crippen LogP contribution in [0.5, 0.6) is 0 Å². The molecule has 0 heterocycles. The minimum absolute atomic E-state index is 0.389. The second-order valence-corrected chi connectivity index (χ2v) is 7.04. The van der Waals surface area contributed by atoms with E-state index in [4.69, 9.17) is 20.4 Å². The summed E-state index contributed by atoms with van der Waals surface area (Å²) in [7, 11) is 0. The van der Waals surface area contributed by atoms with Gasteiger partial charge in [-0.3, -0.25) is 0 Å². The number of aliphatic carboxylic acids is 4. The monoisotopic (exact) mass is 490 g/mol. The maximum atomic E-state index is 10.5. The first kappa shape index (κ1) is 35.6. The molecule has 0 saturated heterocycles. The average molecular weight is 491 g/mol. The molecule has 35 heavy (non-hydrogen) atoms. The highest BCUT2D eigenvalue weighted by molar-refractivity contribution is 5.86. The Labute approximate surface area is 207 Å². The van der Waals surface area contributed by atoms with E-state index in [1.807, 2.05) is 30.3 Å². The number of carboxylic acid groups (broad SMARTS) is 4. The van der Waals surface area contributed by atoms with Crippen LogP contribution in [0.1, 0.15) is 59.4 Å². The van der Waals surface area contributed by atoms with Crippen LogP contribution in [0.4, 0.5) is 0 Å². The summed E-state index contributed by atoms with van der Waals surface area (Å²) >= 11 is 0. The van der Waals surface area contributed by atoms with Crippen LogP contribution in [0, 0.1) is 0 Å². The van der Waals surface area contributed by atoms with E-state index in [-0.39, 0.29) is 0 Å². The Bertz CT molecular complexity index is 878. The van der Waals surface area contributed by atoms with Crippen molar-refractivity contribution in [3.63, 3.8) is 0 Å². The maximum absolute atomic E-state index is 10.5. The fourth-order valence-electron chi connectivity index (χ4n) is 1.71. The molecular formula is C27H38O8. The summed E-state index contributed by atoms with van der Waals surface area (Å²) in [5.74, 6) is -3.49. The molecule has 0 radical (unpaired) electrons. The fraction of sp³-hybridized carbons (Fsp3) is 0.333. The normalized spacial score (nSPS) is 10.7. The Morgan fingerprint density at radius 2 is 1.23 bits per heavy atom. The number of benzene rings is 1. The first-order valence-electron chi connectivity index (χ1n) is 10.9. The van der Waals surface area contributed by atoms with Crippen LogP contribution in [0.3, 0.4) is 0 Å². The smallest absolute Gasteiger partial charge is 0.330 e. The van der Waals surface area contributed by atoms with Gasteiger partial charge in [0.2, 0.25) is 0 Å². The molecule has 0 unspecified atom stereocenters. The van der Waals surface area contributed by atoms with E-state index in [0.717, 1.165) is 30.9 Å². The minimum Gasteiger partial charge on any atom is -0.478 e. The van der Waals surface area contributed by atoms with Crippen molar-refractivity contribution >= 4 is 23.9 Å². The lowest BCUT2D eigenvalue weighted by Gasteiger charge is -1.95. The molecule has 1 aromatic carbocycles. The summed E-state index contributed by atoms with van der Waals surface area (Å²) in [6.45, 7) is 11.5. The molecule has 0 aromatic heterocycles. The van der Waals surface area contributed by atoms with E-state index in [1.54, 1.807) is 45.9 Å². The average Bonchev–Trinajstić information content (AvgIpc) is 2.83. The van der Waals surface area contributed by atoms with Crippen LogP contribution in [0.2, 0.25) is 0 Å². The van der Waals surface area contributed by atoms with Crippen molar-refractivity contribution in [3.8, 4) is 0 Å². The Hall–Kier alpha value is -3.94. The lowest BCUT2D eigenvalue weighted by molar-refractivity contribution is -0.133. The van der Waals surface area contributed by atoms with E-state index in [0.29, 0.717) is 23.1 Å². The Morgan fingerprint density at radius 1 is 0.800 bits per heavy atom. The van der Waals surface area contributed by atoms with Crippen molar-refractivity contribution in [2.45, 2.75) is 60.3 Å². The molecule has 0 aliphatic heterocycles. The molecule has 1 rings (SSSR count). The number of unbranched alkanes of at least 4 members (excludes halogenated alkanes) is 2. The van der Waals surface area contributed by atoms with Gasteiger partial charge in [-0.25, -0.2) is 19.2 Å². The zero-order chi connectivity index (χ0) is 27.8. The number of rotatable bonds is 9. The van der Waals surface area contributed by atoms with Crippen molar-refractivity contribution in [3.05, 3.63) is 83.5 Å². The molecule has 8 nitrogen and oxygen atoms in total. The molecular weight excluding hydrogens is 452 g/mol. The second kappa shape index (κ2) is 23.2. The van der Waals surface area contributed by atoms with Gasteiger partial charge in [-0.1, -0.05) is 74.9 Å². The van der Waals surface area contributed by atoms with Gasteiger partial charge in [0.05, 0.1) is 0 Å². The highest BCUT2D eigenvalue weighted by atomic mass is 16.4. The largest absolute Gasteiger partial charge is 0.478 e. The van der Waals surface area contributed by atoms with Gasteiger partial charge in [0.25, 0.3) is 0 Å². The lowest BCUT2D eigenvalue weighted by atomic mass is 10.1. The summed E-state index contributed by atoms with van der Waals surface area (Å²) in [6.07, 6.45) is 9.63. The lowest BCUT2D eigenvalue weighted by Crippen LogP contribution is -1.96. The molecule has 0 spiro atoms. The molecule has 8 heteroatoms. The third-order valence-electron chi connectivity index (χ3n) is 4.11. The molecule has 0 aliphatic carbocycles. The number of hydrogen-bond acceptors (Lipinski definition) is 4. The number of hydrogen-bond donors (Lipinski definition) is 4. The van der Waals surface area contributed by atoms with E-state index < -0.39 is 23.9 Å². The van der Waals surface area contributed by atoms with Gasteiger partial charge < -0.3 is 20.4 Å². The zero-order valence-corrected chi connectivity index (χ0v) is 21.2. The molecule has 4 N–H and O–H groups in total. The quantitative estimate of drug-likeness (QED) is 0.252. The Balaban J connectivity index is -0.000000416. The van der Waals surface area contributed by atoms with Crippen molar-refractivity contribution in [2.24, 2.45) is 0 Å². The van der Waals surface area contributed by atoms with Crippen LogP contribution in [0.15, 0.2) is 77.9 Å². The first-order valence-corrected chi connectivity index (χ1v) is 10.9. The predicted octanol–water partition coefficient (Wildman–Crippen LogP) is 5.76. The van der Waals surface area contributed by atoms with Crippen LogP contribution < -0.4 is 0 Å². The summed E-state index contributed by atoms with van der Waals surface area (Å²) < 4.78 is 0. The fourth-order valence-corrected chi connectivity index (χ4v) is 1.71. The predicted molar refractivity (Wildman–Crippen MR) is 137 cm³/mol. The van der Waals surface area contributed by atoms with Crippen molar-refractivity contribution in [1.29, 1.82) is 0 Å². The van der Waals surface area contributed by atoms with E-state index in [1.165, 1.54) is 0 Å². The molecule has 0 saturated carbocycles. The van der Waals surface area contributed by atoms with Gasteiger partial charge in [-0.15, -0.1) is 0 Å². The summed E-state index contributed by atoms with van der Waals surface area (Å²) in [4.78, 5) is 39.8. The number of carboxylic acids is 4. The van der Waals surface area contributed by atoms with E-state index in [2.05, 4.69) is 13.5 Å². The van der Waals surface area contributed by atoms with Gasteiger partial charge >= 0.3 is 23.9 Å². The molecule has 0 fully saturated rings. The van der Waals surface area contributed by atoms with Gasteiger partial charge in [0, 0.05) is 22.8 Å². The molecule has 194 valence electrons. The number of allylic oxidation sites excluding steroid dienone is 3.